The van der Waals surface area contributed by atoms with Gasteiger partial charge in [-0.2, -0.15) is 4.31 Å². The number of sulfonamides is 1. The van der Waals surface area contributed by atoms with E-state index < -0.39 is 57.8 Å². The van der Waals surface area contributed by atoms with Crippen LogP contribution in [0.3, 0.4) is 0 Å². The Labute approximate surface area is 503 Å². The summed E-state index contributed by atoms with van der Waals surface area (Å²) in [5, 5.41) is 11.2. The number of nitrogens with zero attached hydrogens (tertiary/aromatic N) is 4. The zero-order valence-corrected chi connectivity index (χ0v) is 50.4. The first-order valence-corrected chi connectivity index (χ1v) is 30.9. The zero-order valence-electron chi connectivity index (χ0n) is 49.6. The molecule has 0 unspecified atom stereocenters. The van der Waals surface area contributed by atoms with Crippen molar-refractivity contribution in [2.45, 2.75) is 109 Å². The van der Waals surface area contributed by atoms with Gasteiger partial charge in [0.05, 0.1) is 10.6 Å². The molecule has 21 heteroatoms. The number of rotatable bonds is 21. The third kappa shape index (κ3) is 15.1. The topological polar surface area (TPSA) is 260 Å². The van der Waals surface area contributed by atoms with E-state index in [4.69, 9.17) is 19.9 Å². The maximum atomic E-state index is 13.9. The summed E-state index contributed by atoms with van der Waals surface area (Å²) >= 11 is 0. The van der Waals surface area contributed by atoms with Gasteiger partial charge in [0.1, 0.15) is 36.7 Å². The van der Waals surface area contributed by atoms with Gasteiger partial charge in [0.2, 0.25) is 27.7 Å². The molecule has 2 saturated heterocycles. The summed E-state index contributed by atoms with van der Waals surface area (Å²) in [5.74, 6) is -1.32. The van der Waals surface area contributed by atoms with Gasteiger partial charge in [-0.3, -0.25) is 19.3 Å². The van der Waals surface area contributed by atoms with Crippen LogP contribution in [0.15, 0.2) is 131 Å². The minimum Gasteiger partial charge on any atom is -0.448 e. The van der Waals surface area contributed by atoms with Crippen LogP contribution in [0.4, 0.5) is 25.8 Å². The van der Waals surface area contributed by atoms with Crippen LogP contribution < -0.4 is 27.0 Å². The Balaban J connectivity index is 0.705. The number of carbonyl (C=O) groups excluding carboxylic acids is 6. The van der Waals surface area contributed by atoms with Gasteiger partial charge in [-0.15, -0.1) is 0 Å². The summed E-state index contributed by atoms with van der Waals surface area (Å²) in [6, 6.07) is 33.4. The summed E-state index contributed by atoms with van der Waals surface area (Å²) in [4.78, 5) is 87.6. The molecule has 0 saturated carbocycles. The van der Waals surface area contributed by atoms with Crippen LogP contribution >= 0.6 is 0 Å². The summed E-state index contributed by atoms with van der Waals surface area (Å²) in [5.41, 5.74) is 14.4. The van der Waals surface area contributed by atoms with Crippen LogP contribution in [0.5, 0.6) is 0 Å². The molecule has 86 heavy (non-hydrogen) atoms. The maximum absolute atomic E-state index is 13.9. The van der Waals surface area contributed by atoms with E-state index in [1.54, 1.807) is 74.2 Å². The van der Waals surface area contributed by atoms with Crippen molar-refractivity contribution in [3.05, 3.63) is 143 Å². The van der Waals surface area contributed by atoms with Gasteiger partial charge in [-0.25, -0.2) is 27.8 Å². The maximum Gasteiger partial charge on any atom is 0.410 e. The molecule has 3 heterocycles. The monoisotopic (exact) mass is 1190 g/mol. The van der Waals surface area contributed by atoms with Crippen molar-refractivity contribution in [3.8, 4) is 22.3 Å². The molecule has 0 spiro atoms. The lowest BCUT2D eigenvalue weighted by Gasteiger charge is -2.38. The van der Waals surface area contributed by atoms with Crippen LogP contribution in [0, 0.1) is 11.8 Å². The van der Waals surface area contributed by atoms with E-state index in [0.29, 0.717) is 84.6 Å². The van der Waals surface area contributed by atoms with E-state index in [-0.39, 0.29) is 73.7 Å². The minimum atomic E-state index is -3.88. The number of alkyl carbamates (subject to hydrolysis) is 2. The normalized spacial score (nSPS) is 16.2. The van der Waals surface area contributed by atoms with Crippen molar-refractivity contribution in [2.75, 3.05) is 57.7 Å². The summed E-state index contributed by atoms with van der Waals surface area (Å²) in [7, 11) is -3.88. The lowest BCUT2D eigenvalue weighted by molar-refractivity contribution is -0.130. The second-order valence-corrected chi connectivity index (χ2v) is 25.5. The lowest BCUT2D eigenvalue weighted by atomic mass is 9.98. The molecule has 454 valence electrons. The Hall–Kier alpha value is -8.56. The number of amidine groups is 1. The number of benzene rings is 5. The number of ether oxygens (including phenoxy) is 3. The molecule has 3 aliphatic heterocycles. The third-order valence-electron chi connectivity index (χ3n) is 15.6. The average Bonchev–Trinajstić information content (AvgIpc) is 1.64. The fraction of sp³-hybridized carbons (Fsp3) is 0.400. The predicted molar refractivity (Wildman–Crippen MR) is 329 cm³/mol. The number of aliphatic imine (C=N–C) groups is 1. The third-order valence-corrected chi connectivity index (χ3v) is 17.4. The average molecular weight is 1190 g/mol. The predicted octanol–water partition coefficient (Wildman–Crippen LogP) is 9.32. The van der Waals surface area contributed by atoms with E-state index in [1.807, 2.05) is 69.3 Å². The first kappa shape index (κ1) is 62.0. The summed E-state index contributed by atoms with van der Waals surface area (Å²) in [6.07, 6.45) is 2.51. The Morgan fingerprint density at radius 3 is 2.20 bits per heavy atom. The molecular weight excluding hydrogens is 1110 g/mol. The van der Waals surface area contributed by atoms with Crippen LogP contribution in [-0.2, 0) is 45.2 Å². The van der Waals surface area contributed by atoms with Crippen molar-refractivity contribution >= 4 is 69.3 Å². The van der Waals surface area contributed by atoms with Gasteiger partial charge in [-0.1, -0.05) is 106 Å². The van der Waals surface area contributed by atoms with E-state index in [2.05, 4.69) is 50.5 Å². The van der Waals surface area contributed by atoms with Crippen molar-refractivity contribution in [3.63, 3.8) is 0 Å². The Morgan fingerprint density at radius 1 is 0.814 bits per heavy atom. The van der Waals surface area contributed by atoms with Crippen LogP contribution in [0.25, 0.3) is 28.3 Å². The molecule has 6 amide bonds. The van der Waals surface area contributed by atoms with E-state index in [0.717, 1.165) is 28.7 Å². The molecule has 2 fully saturated rings. The number of fused-ring (bicyclic) bond motifs is 4. The van der Waals surface area contributed by atoms with Crippen LogP contribution in [0.2, 0.25) is 0 Å². The van der Waals surface area contributed by atoms with Gasteiger partial charge in [0, 0.05) is 80.9 Å². The highest BCUT2D eigenvalue weighted by atomic mass is 32.2. The van der Waals surface area contributed by atoms with Crippen molar-refractivity contribution in [1.82, 2.24) is 30.1 Å². The highest BCUT2D eigenvalue weighted by Crippen LogP contribution is 2.45. The highest BCUT2D eigenvalue weighted by molar-refractivity contribution is 7.89. The molecule has 9 rings (SSSR count). The Bertz CT molecular complexity index is 3470. The van der Waals surface area contributed by atoms with Crippen molar-refractivity contribution in [2.24, 2.45) is 22.6 Å². The molecule has 6 N–H and O–H groups in total. The molecule has 0 bridgehead atoms. The van der Waals surface area contributed by atoms with Gasteiger partial charge in [-0.05, 0) is 128 Å². The van der Waals surface area contributed by atoms with Crippen molar-refractivity contribution in [1.29, 1.82) is 0 Å². The summed E-state index contributed by atoms with van der Waals surface area (Å²) in [6.45, 7) is 13.3. The fourth-order valence-electron chi connectivity index (χ4n) is 11.2. The van der Waals surface area contributed by atoms with E-state index in [1.165, 1.54) is 9.21 Å². The van der Waals surface area contributed by atoms with Gasteiger partial charge < -0.3 is 46.1 Å². The number of carbonyl (C=O) groups is 6. The molecule has 0 radical (unpaired) electrons. The molecule has 1 aliphatic carbocycles. The quantitative estimate of drug-likeness (QED) is 0.0340. The fourth-order valence-corrected chi connectivity index (χ4v) is 12.8. The number of amides is 6. The zero-order chi connectivity index (χ0) is 61.3. The smallest absolute Gasteiger partial charge is 0.410 e. The Morgan fingerprint density at radius 2 is 1.51 bits per heavy atom. The van der Waals surface area contributed by atoms with Crippen LogP contribution in [0.1, 0.15) is 102 Å². The van der Waals surface area contributed by atoms with E-state index >= 15 is 0 Å². The molecule has 0 aromatic heterocycles. The molecule has 20 nitrogen and oxygen atoms in total. The number of anilines is 1. The number of nitrogens with one attached hydrogen (secondary N) is 4. The molecule has 4 aliphatic rings. The van der Waals surface area contributed by atoms with Crippen molar-refractivity contribution < 1.29 is 51.4 Å². The van der Waals surface area contributed by atoms with Gasteiger partial charge in [0.15, 0.2) is 0 Å². The number of hydrogen-bond acceptors (Lipinski definition) is 13. The van der Waals surface area contributed by atoms with E-state index in [9.17, 15) is 37.2 Å². The standard InChI is InChI=1S/C65H77N9O11S/c1-7-29-72(30-14-28-67-63(79)85-65(4,5)6)61(77)47-32-46-25-24-45(34-55(46)70-57(66)35-47)44-15-12-16-49(33-44)86(81,82)73-37-43(38-73)36-68-62(78)83-39-42-22-26-48(27-23-42)69-60(76)58(41(2)3)71-59(75)56-21-13-31-74(56)64(80)84-40-54-52-19-10-8-17-50(52)51-18-9-11-20-53(51)54/h8-12,15-20,22-27,32-34,41,43,54,56,58H,7,13-14,21,28-31,35-40H2,1-6H3,(H2,66,70)(H,67,79)(H,68,78)(H,69,76)(H,71,75)/t56-,58-/m0/s1. The molecule has 5 aromatic rings. The van der Waals surface area contributed by atoms with Gasteiger partial charge >= 0.3 is 18.3 Å². The van der Waals surface area contributed by atoms with Crippen LogP contribution in [-0.4, -0.2) is 134 Å². The second-order valence-electron chi connectivity index (χ2n) is 23.5. The lowest BCUT2D eigenvalue weighted by Crippen LogP contribution is -2.53. The molecule has 2 atom stereocenters. The molecular formula is C65H77N9O11S. The first-order chi connectivity index (χ1) is 41.1. The minimum absolute atomic E-state index is 0.0633. The molecule has 5 aromatic carbocycles. The highest BCUT2D eigenvalue weighted by Gasteiger charge is 2.40. The number of hydrogen-bond donors (Lipinski definition) is 5. The summed E-state index contributed by atoms with van der Waals surface area (Å²) < 4.78 is 45.7. The number of likely N-dealkylation sites (tertiary alicyclic amines) is 1. The van der Waals surface area contributed by atoms with Gasteiger partial charge in [0.25, 0.3) is 0 Å². The SMILES string of the molecule is CCCN(CCCNC(=O)OC(C)(C)C)C(=O)C1=Cc2ccc(-c3cccc(S(=O)(=O)N4CC(CNC(=O)OCc5ccc(NC(=O)[C@@H](NC(=O)[C@@H]6CCCN6C(=O)OCC6c7ccccc7-c7ccccc76)C(C)C)cc5)C4)c3)cc2N=C(N)C1. The largest absolute Gasteiger partial charge is 0.448 e. The Kier molecular flexibility index (Phi) is 19.6. The number of nitrogens with two attached hydrogens (primary N) is 1. The first-order valence-electron chi connectivity index (χ1n) is 29.4. The second kappa shape index (κ2) is 27.2.